The van der Waals surface area contributed by atoms with Crippen molar-refractivity contribution in [2.45, 2.75) is 51.7 Å². The van der Waals surface area contributed by atoms with Crippen LogP contribution in [0, 0.1) is 5.92 Å². The fourth-order valence-corrected chi connectivity index (χ4v) is 4.68. The second-order valence-electron chi connectivity index (χ2n) is 9.44. The summed E-state index contributed by atoms with van der Waals surface area (Å²) in [6.07, 6.45) is 3.03. The molecule has 34 heavy (non-hydrogen) atoms. The molecule has 2 amide bonds. The minimum absolute atomic E-state index is 0.0640. The molecule has 3 rings (SSSR count). The molecule has 6 nitrogen and oxygen atoms in total. The van der Waals surface area contributed by atoms with Gasteiger partial charge in [0.05, 0.1) is 10.6 Å². The third-order valence-electron chi connectivity index (χ3n) is 6.43. The van der Waals surface area contributed by atoms with Gasteiger partial charge in [-0.2, -0.15) is 0 Å². The summed E-state index contributed by atoms with van der Waals surface area (Å²) in [5, 5.41) is 13.7. The van der Waals surface area contributed by atoms with E-state index in [2.05, 4.69) is 10.2 Å². The first-order valence-corrected chi connectivity index (χ1v) is 12.5. The number of piperidine rings is 1. The van der Waals surface area contributed by atoms with Crippen molar-refractivity contribution < 1.29 is 14.7 Å². The van der Waals surface area contributed by atoms with Crippen molar-refractivity contribution in [1.29, 1.82) is 0 Å². The van der Waals surface area contributed by atoms with Crippen LogP contribution in [0.25, 0.3) is 0 Å². The molecule has 0 aliphatic carbocycles. The summed E-state index contributed by atoms with van der Waals surface area (Å²) in [5.41, 5.74) is 2.18. The molecular formula is C27H36ClN3O3. The number of anilines is 1. The van der Waals surface area contributed by atoms with Crippen LogP contribution in [0.15, 0.2) is 48.5 Å². The second kappa shape index (κ2) is 12.2. The molecule has 1 atom stereocenters. The Morgan fingerprint density at radius 1 is 1.15 bits per heavy atom. The Bertz CT molecular complexity index is 959. The fraction of sp³-hybridized carbons (Fsp3) is 0.481. The number of aliphatic hydroxyl groups excluding tert-OH is 1. The average Bonchev–Trinajstić information content (AvgIpc) is 2.83. The average molecular weight is 486 g/mol. The number of hydrogen-bond acceptors (Lipinski definition) is 4. The van der Waals surface area contributed by atoms with Crippen molar-refractivity contribution in [3.05, 3.63) is 64.7 Å². The molecule has 1 heterocycles. The normalized spacial score (nSPS) is 15.3. The lowest BCUT2D eigenvalue weighted by Gasteiger charge is -2.34. The lowest BCUT2D eigenvalue weighted by Crippen LogP contribution is -2.35. The number of rotatable bonds is 9. The minimum Gasteiger partial charge on any atom is -0.378 e. The number of carbonyl (C=O) groups excluding carboxylic acids is 2. The van der Waals surface area contributed by atoms with Crippen LogP contribution in [-0.4, -0.2) is 54.5 Å². The summed E-state index contributed by atoms with van der Waals surface area (Å²) >= 11 is 6.40. The van der Waals surface area contributed by atoms with Crippen molar-refractivity contribution in [2.75, 3.05) is 31.6 Å². The number of carbonyl (C=O) groups is 2. The largest absolute Gasteiger partial charge is 0.378 e. The Hall–Kier alpha value is -2.57. The van der Waals surface area contributed by atoms with Gasteiger partial charge in [0.25, 0.3) is 11.8 Å². The smallest absolute Gasteiger partial charge is 0.255 e. The van der Waals surface area contributed by atoms with Crippen LogP contribution in [0.1, 0.15) is 61.6 Å². The number of halogens is 1. The highest BCUT2D eigenvalue weighted by molar-refractivity contribution is 6.34. The molecule has 7 heteroatoms. The molecule has 2 N–H and O–H groups in total. The molecule has 1 saturated heterocycles. The Balaban J connectivity index is 1.42. The number of aliphatic hydroxyl groups is 1. The first-order chi connectivity index (χ1) is 16.3. The van der Waals surface area contributed by atoms with Gasteiger partial charge in [-0.3, -0.25) is 9.59 Å². The highest BCUT2D eigenvalue weighted by Crippen LogP contribution is 2.29. The number of likely N-dealkylation sites (N-methyl/N-ethyl adjacent to an activating group) is 1. The van der Waals surface area contributed by atoms with Gasteiger partial charge in [-0.15, -0.1) is 0 Å². The monoisotopic (exact) mass is 485 g/mol. The molecule has 0 radical (unpaired) electrons. The maximum absolute atomic E-state index is 12.5. The third kappa shape index (κ3) is 6.97. The molecule has 1 fully saturated rings. The summed E-state index contributed by atoms with van der Waals surface area (Å²) in [6, 6.07) is 14.8. The van der Waals surface area contributed by atoms with Crippen LogP contribution >= 0.6 is 11.6 Å². The van der Waals surface area contributed by atoms with Crippen molar-refractivity contribution in [2.24, 2.45) is 5.92 Å². The molecule has 0 spiro atoms. The van der Waals surface area contributed by atoms with Crippen molar-refractivity contribution in [3.8, 4) is 0 Å². The Morgan fingerprint density at radius 2 is 1.82 bits per heavy atom. The number of nitrogens with zero attached hydrogens (tertiary/aromatic N) is 2. The highest BCUT2D eigenvalue weighted by Gasteiger charge is 2.23. The van der Waals surface area contributed by atoms with Crippen LogP contribution < -0.4 is 10.2 Å². The quantitative estimate of drug-likeness (QED) is 0.541. The summed E-state index contributed by atoms with van der Waals surface area (Å²) in [5.74, 6) is 0.207. The van der Waals surface area contributed by atoms with E-state index in [0.29, 0.717) is 28.6 Å². The third-order valence-corrected chi connectivity index (χ3v) is 6.74. The van der Waals surface area contributed by atoms with Crippen LogP contribution in [0.4, 0.5) is 5.69 Å². The molecule has 0 bridgehead atoms. The second-order valence-corrected chi connectivity index (χ2v) is 9.85. The van der Waals surface area contributed by atoms with Gasteiger partial charge in [0.1, 0.15) is 0 Å². The summed E-state index contributed by atoms with van der Waals surface area (Å²) in [7, 11) is 1.76. The molecule has 0 saturated carbocycles. The maximum Gasteiger partial charge on any atom is 0.255 e. The zero-order valence-electron chi connectivity index (χ0n) is 20.3. The van der Waals surface area contributed by atoms with E-state index in [-0.39, 0.29) is 17.9 Å². The number of hydrogen-bond donors (Lipinski definition) is 2. The summed E-state index contributed by atoms with van der Waals surface area (Å²) < 4.78 is 0. The van der Waals surface area contributed by atoms with E-state index >= 15 is 0 Å². The van der Waals surface area contributed by atoms with Crippen LogP contribution in [0.3, 0.4) is 0 Å². The predicted octanol–water partition coefficient (Wildman–Crippen LogP) is 4.67. The van der Waals surface area contributed by atoms with E-state index < -0.39 is 6.10 Å². The lowest BCUT2D eigenvalue weighted by molar-refractivity contribution is -0.139. The van der Waals surface area contributed by atoms with Gasteiger partial charge in [-0.1, -0.05) is 41.9 Å². The first-order valence-electron chi connectivity index (χ1n) is 12.1. The lowest BCUT2D eigenvalue weighted by atomic mass is 9.91. The molecule has 1 aliphatic rings. The summed E-state index contributed by atoms with van der Waals surface area (Å²) in [4.78, 5) is 28.7. The highest BCUT2D eigenvalue weighted by atomic mass is 35.5. The standard InChI is InChI=1S/C27H36ClN3O3/c1-19(2)29-26(33)23-12-11-22(18-24(23)28)31-16-13-20(14-17-31)8-7-15-30(3)27(34)25(32)21-9-5-4-6-10-21/h4-6,9-12,18-20,25,32H,7-8,13-17H2,1-3H3,(H,29,33). The van der Waals surface area contributed by atoms with Crippen LogP contribution in [-0.2, 0) is 4.79 Å². The van der Waals surface area contributed by atoms with E-state index in [1.54, 1.807) is 30.1 Å². The molecule has 2 aromatic rings. The van der Waals surface area contributed by atoms with Crippen LogP contribution in [0.2, 0.25) is 5.02 Å². The van der Waals surface area contributed by atoms with Gasteiger partial charge in [-0.25, -0.2) is 0 Å². The molecule has 2 aromatic carbocycles. The Kier molecular flexibility index (Phi) is 9.36. The van der Waals surface area contributed by atoms with Crippen LogP contribution in [0.5, 0.6) is 0 Å². The Labute approximate surface area is 207 Å². The van der Waals surface area contributed by atoms with Gasteiger partial charge in [0.2, 0.25) is 0 Å². The SMILES string of the molecule is CC(C)NC(=O)c1ccc(N2CCC(CCCN(C)C(=O)C(O)c3ccccc3)CC2)cc1Cl. The van der Waals surface area contributed by atoms with Gasteiger partial charge in [0, 0.05) is 38.4 Å². The zero-order chi connectivity index (χ0) is 24.7. The van der Waals surface area contributed by atoms with Gasteiger partial charge >= 0.3 is 0 Å². The maximum atomic E-state index is 12.5. The number of nitrogens with one attached hydrogen (secondary N) is 1. The first kappa shape index (κ1) is 26.0. The van der Waals surface area contributed by atoms with E-state index in [0.717, 1.165) is 44.5 Å². The fourth-order valence-electron chi connectivity index (χ4n) is 4.42. The predicted molar refractivity (Wildman–Crippen MR) is 137 cm³/mol. The Morgan fingerprint density at radius 3 is 2.44 bits per heavy atom. The van der Waals surface area contributed by atoms with E-state index in [9.17, 15) is 14.7 Å². The molecular weight excluding hydrogens is 450 g/mol. The van der Waals surface area contributed by atoms with Crippen molar-refractivity contribution in [1.82, 2.24) is 10.2 Å². The van der Waals surface area contributed by atoms with Gasteiger partial charge in [-0.05, 0) is 69.2 Å². The zero-order valence-corrected chi connectivity index (χ0v) is 21.1. The van der Waals surface area contributed by atoms with E-state index in [1.165, 1.54) is 0 Å². The summed E-state index contributed by atoms with van der Waals surface area (Å²) in [6.45, 7) is 6.38. The van der Waals surface area contributed by atoms with E-state index in [1.807, 2.05) is 44.2 Å². The topological polar surface area (TPSA) is 72.9 Å². The molecule has 0 aromatic heterocycles. The number of benzene rings is 2. The molecule has 1 unspecified atom stereocenters. The molecule has 184 valence electrons. The van der Waals surface area contributed by atoms with Gasteiger partial charge in [0.15, 0.2) is 6.10 Å². The van der Waals surface area contributed by atoms with Crippen molar-refractivity contribution >= 4 is 29.1 Å². The molecule has 1 aliphatic heterocycles. The van der Waals surface area contributed by atoms with E-state index in [4.69, 9.17) is 11.6 Å². The van der Waals surface area contributed by atoms with Crippen molar-refractivity contribution in [3.63, 3.8) is 0 Å². The number of amides is 2. The minimum atomic E-state index is -1.11. The van der Waals surface area contributed by atoms with Gasteiger partial charge < -0.3 is 20.2 Å².